The zero-order valence-electron chi connectivity index (χ0n) is 11.6. The molecule has 0 spiro atoms. The van der Waals surface area contributed by atoms with Crippen molar-refractivity contribution in [1.29, 1.82) is 0 Å². The van der Waals surface area contributed by atoms with Crippen LogP contribution in [0.15, 0.2) is 12.1 Å². The van der Waals surface area contributed by atoms with Crippen LogP contribution in [0.3, 0.4) is 0 Å². The minimum Gasteiger partial charge on any atom is -0.444 e. The number of hydrogen-bond acceptors (Lipinski definition) is 3. The Kier molecular flexibility index (Phi) is 3.39. The van der Waals surface area contributed by atoms with Crippen LogP contribution in [-0.2, 0) is 11.2 Å². The molecule has 1 amide bonds. The molecule has 2 rings (SSSR count). The summed E-state index contributed by atoms with van der Waals surface area (Å²) in [6.07, 6.45) is 0.164. The maximum absolute atomic E-state index is 13.5. The van der Waals surface area contributed by atoms with E-state index in [-0.39, 0.29) is 11.9 Å². The third kappa shape index (κ3) is 3.36. The Bertz CT molecular complexity index is 509. The summed E-state index contributed by atoms with van der Waals surface area (Å²) < 4.78 is 18.7. The summed E-state index contributed by atoms with van der Waals surface area (Å²) in [6, 6.07) is 3.02. The summed E-state index contributed by atoms with van der Waals surface area (Å²) in [5.74, 6) is -0.360. The molecule has 0 saturated carbocycles. The zero-order valence-corrected chi connectivity index (χ0v) is 11.6. The molecular formula is C14H19FN2O2. The molecule has 0 fully saturated rings. The van der Waals surface area contributed by atoms with E-state index in [0.717, 1.165) is 17.7 Å². The van der Waals surface area contributed by atoms with Gasteiger partial charge in [0.25, 0.3) is 0 Å². The lowest BCUT2D eigenvalue weighted by molar-refractivity contribution is 0.0636. The summed E-state index contributed by atoms with van der Waals surface area (Å²) >= 11 is 0. The number of nitrogens with one attached hydrogen (secondary N) is 2. The molecule has 1 heterocycles. The maximum atomic E-state index is 13.5. The summed E-state index contributed by atoms with van der Waals surface area (Å²) in [7, 11) is 0. The largest absolute Gasteiger partial charge is 0.444 e. The highest BCUT2D eigenvalue weighted by atomic mass is 19.1. The Morgan fingerprint density at radius 1 is 1.47 bits per heavy atom. The summed E-state index contributed by atoms with van der Waals surface area (Å²) in [5, 5.41) is 5.82. The van der Waals surface area contributed by atoms with Gasteiger partial charge in [0.05, 0.1) is 11.4 Å². The topological polar surface area (TPSA) is 50.4 Å². The minimum absolute atomic E-state index is 0.232. The fourth-order valence-electron chi connectivity index (χ4n) is 2.13. The van der Waals surface area contributed by atoms with E-state index in [1.54, 1.807) is 20.8 Å². The summed E-state index contributed by atoms with van der Waals surface area (Å²) in [4.78, 5) is 11.7. The van der Waals surface area contributed by atoms with Gasteiger partial charge in [-0.15, -0.1) is 0 Å². The average molecular weight is 266 g/mol. The number of amides is 1. The van der Waals surface area contributed by atoms with E-state index in [2.05, 4.69) is 10.6 Å². The molecule has 0 radical (unpaired) electrons. The van der Waals surface area contributed by atoms with Crippen molar-refractivity contribution in [1.82, 2.24) is 0 Å². The molecule has 1 aliphatic rings. The summed E-state index contributed by atoms with van der Waals surface area (Å²) in [5.41, 5.74) is 1.49. The molecule has 1 atom stereocenters. The highest BCUT2D eigenvalue weighted by Crippen LogP contribution is 2.34. The third-order valence-electron chi connectivity index (χ3n) is 2.74. The van der Waals surface area contributed by atoms with E-state index in [1.165, 1.54) is 12.1 Å². The van der Waals surface area contributed by atoms with Gasteiger partial charge in [-0.3, -0.25) is 5.32 Å². The quantitative estimate of drug-likeness (QED) is 0.817. The number of carbonyl (C=O) groups is 1. The van der Waals surface area contributed by atoms with Crippen LogP contribution >= 0.6 is 0 Å². The first-order chi connectivity index (χ1) is 8.74. The van der Waals surface area contributed by atoms with E-state index >= 15 is 0 Å². The molecule has 1 aromatic rings. The second-order valence-corrected chi connectivity index (χ2v) is 5.86. The minimum atomic E-state index is -0.582. The van der Waals surface area contributed by atoms with Crippen LogP contribution in [0, 0.1) is 5.82 Å². The monoisotopic (exact) mass is 266 g/mol. The van der Waals surface area contributed by atoms with Gasteiger partial charge in [0.15, 0.2) is 0 Å². The van der Waals surface area contributed by atoms with Crippen molar-refractivity contribution in [3.05, 3.63) is 23.5 Å². The van der Waals surface area contributed by atoms with Crippen molar-refractivity contribution in [2.75, 3.05) is 10.6 Å². The number of hydrogen-bond donors (Lipinski definition) is 2. The van der Waals surface area contributed by atoms with Gasteiger partial charge >= 0.3 is 6.09 Å². The molecule has 0 saturated heterocycles. The molecule has 0 aromatic heterocycles. The Morgan fingerprint density at radius 3 is 2.79 bits per heavy atom. The van der Waals surface area contributed by atoms with E-state index in [1.807, 2.05) is 6.92 Å². The highest BCUT2D eigenvalue weighted by molar-refractivity contribution is 5.91. The molecule has 5 heteroatoms. The first-order valence-electron chi connectivity index (χ1n) is 6.33. The molecule has 2 N–H and O–H groups in total. The first-order valence-corrected chi connectivity index (χ1v) is 6.33. The number of fused-ring (bicyclic) bond motifs is 1. The van der Waals surface area contributed by atoms with Crippen LogP contribution in [0.2, 0.25) is 0 Å². The van der Waals surface area contributed by atoms with Crippen LogP contribution in [0.5, 0.6) is 0 Å². The fourth-order valence-corrected chi connectivity index (χ4v) is 2.13. The fraction of sp³-hybridized carbons (Fsp3) is 0.500. The third-order valence-corrected chi connectivity index (χ3v) is 2.74. The SMILES string of the molecule is CC1Cc2cc(F)cc(NC(=O)OC(C)(C)C)c2N1. The summed E-state index contributed by atoms with van der Waals surface area (Å²) in [6.45, 7) is 7.35. The number of carbonyl (C=O) groups excluding carboxylic acids is 1. The van der Waals surface area contributed by atoms with Crippen molar-refractivity contribution in [3.8, 4) is 0 Å². The van der Waals surface area contributed by atoms with E-state index < -0.39 is 11.7 Å². The van der Waals surface area contributed by atoms with Crippen LogP contribution in [-0.4, -0.2) is 17.7 Å². The second-order valence-electron chi connectivity index (χ2n) is 5.86. The van der Waals surface area contributed by atoms with Crippen LogP contribution in [0.25, 0.3) is 0 Å². The molecule has 1 aromatic carbocycles. The Morgan fingerprint density at radius 2 is 2.16 bits per heavy atom. The Hall–Kier alpha value is -1.78. The lowest BCUT2D eigenvalue weighted by Gasteiger charge is -2.20. The molecule has 19 heavy (non-hydrogen) atoms. The predicted molar refractivity (Wildman–Crippen MR) is 73.0 cm³/mol. The van der Waals surface area contributed by atoms with Gasteiger partial charge in [0.2, 0.25) is 0 Å². The van der Waals surface area contributed by atoms with Crippen LogP contribution < -0.4 is 10.6 Å². The van der Waals surface area contributed by atoms with E-state index in [0.29, 0.717) is 5.69 Å². The van der Waals surface area contributed by atoms with Crippen molar-refractivity contribution in [2.24, 2.45) is 0 Å². The van der Waals surface area contributed by atoms with Gasteiger partial charge in [0, 0.05) is 6.04 Å². The van der Waals surface area contributed by atoms with Gasteiger partial charge in [0.1, 0.15) is 11.4 Å². The number of anilines is 2. The Labute approximate surface area is 112 Å². The smallest absolute Gasteiger partial charge is 0.412 e. The van der Waals surface area contributed by atoms with Gasteiger partial charge in [-0.05, 0) is 51.8 Å². The molecule has 4 nitrogen and oxygen atoms in total. The predicted octanol–water partition coefficient (Wildman–Crippen LogP) is 3.53. The number of halogens is 1. The lowest BCUT2D eigenvalue weighted by Crippen LogP contribution is -2.27. The maximum Gasteiger partial charge on any atom is 0.412 e. The van der Waals surface area contributed by atoms with Gasteiger partial charge in [-0.2, -0.15) is 0 Å². The van der Waals surface area contributed by atoms with Crippen LogP contribution in [0.4, 0.5) is 20.6 Å². The van der Waals surface area contributed by atoms with E-state index in [9.17, 15) is 9.18 Å². The number of benzene rings is 1. The van der Waals surface area contributed by atoms with Crippen LogP contribution in [0.1, 0.15) is 33.3 Å². The standard InChI is InChI=1S/C14H19FN2O2/c1-8-5-9-6-10(15)7-11(12(9)16-8)17-13(18)19-14(2,3)4/h6-8,16H,5H2,1-4H3,(H,17,18). The lowest BCUT2D eigenvalue weighted by atomic mass is 10.1. The van der Waals surface area contributed by atoms with Crippen molar-refractivity contribution < 1.29 is 13.9 Å². The number of ether oxygens (including phenoxy) is 1. The molecule has 0 aliphatic carbocycles. The molecule has 104 valence electrons. The van der Waals surface area contributed by atoms with Crippen molar-refractivity contribution in [3.63, 3.8) is 0 Å². The normalized spacial score (nSPS) is 17.6. The molecular weight excluding hydrogens is 247 g/mol. The van der Waals surface area contributed by atoms with Gasteiger partial charge in [-0.1, -0.05) is 0 Å². The average Bonchev–Trinajstić information content (AvgIpc) is 2.55. The second kappa shape index (κ2) is 4.72. The highest BCUT2D eigenvalue weighted by Gasteiger charge is 2.23. The van der Waals surface area contributed by atoms with Gasteiger partial charge in [-0.25, -0.2) is 9.18 Å². The number of rotatable bonds is 1. The molecule has 1 unspecified atom stereocenters. The van der Waals surface area contributed by atoms with E-state index in [4.69, 9.17) is 4.74 Å². The molecule has 1 aliphatic heterocycles. The first kappa shape index (κ1) is 13.6. The van der Waals surface area contributed by atoms with Gasteiger partial charge < -0.3 is 10.1 Å². The van der Waals surface area contributed by atoms with Crippen molar-refractivity contribution in [2.45, 2.75) is 45.8 Å². The molecule has 0 bridgehead atoms. The Balaban J connectivity index is 2.20. The zero-order chi connectivity index (χ0) is 14.2. The van der Waals surface area contributed by atoms with Crippen molar-refractivity contribution >= 4 is 17.5 Å².